The normalized spacial score (nSPS) is 19.3. The maximum atomic E-state index is 12.8. The van der Waals surface area contributed by atoms with Gasteiger partial charge in [0.1, 0.15) is 6.61 Å². The van der Waals surface area contributed by atoms with Crippen LogP contribution in [0.3, 0.4) is 0 Å². The lowest BCUT2D eigenvalue weighted by molar-refractivity contribution is -0.139. The van der Waals surface area contributed by atoms with E-state index in [-0.39, 0.29) is 43.8 Å². The Bertz CT molecular complexity index is 1200. The van der Waals surface area contributed by atoms with E-state index in [1.165, 1.54) is 4.90 Å². The molecular weight excluding hydrogens is 472 g/mol. The predicted molar refractivity (Wildman–Crippen MR) is 129 cm³/mol. The third-order valence-electron chi connectivity index (χ3n) is 6.61. The van der Waals surface area contributed by atoms with Gasteiger partial charge in [-0.2, -0.15) is 0 Å². The van der Waals surface area contributed by atoms with Gasteiger partial charge in [0, 0.05) is 25.6 Å². The quantitative estimate of drug-likeness (QED) is 0.596. The van der Waals surface area contributed by atoms with Gasteiger partial charge in [0.2, 0.25) is 5.91 Å². The molecule has 0 spiro atoms. The van der Waals surface area contributed by atoms with E-state index >= 15 is 0 Å². The minimum absolute atomic E-state index is 0.00652. The number of hydrogen-bond acceptors (Lipinski definition) is 6. The average molecular weight is 501 g/mol. The molecule has 0 radical (unpaired) electrons. The molecular formula is C25H28N2O7S. The molecule has 2 amide bonds. The van der Waals surface area contributed by atoms with Crippen LogP contribution in [-0.4, -0.2) is 73.6 Å². The number of rotatable bonds is 7. The number of sulfone groups is 1. The maximum Gasteiger partial charge on any atom is 0.407 e. The molecule has 9 nitrogen and oxygen atoms in total. The third kappa shape index (κ3) is 5.32. The van der Waals surface area contributed by atoms with Crippen molar-refractivity contribution in [3.05, 3.63) is 59.7 Å². The number of nitrogens with zero attached hydrogens (tertiary/aromatic N) is 1. The fourth-order valence-corrected chi connectivity index (χ4v) is 6.34. The Morgan fingerprint density at radius 2 is 1.69 bits per heavy atom. The van der Waals surface area contributed by atoms with Crippen molar-refractivity contribution in [1.29, 1.82) is 0 Å². The van der Waals surface area contributed by atoms with E-state index in [4.69, 9.17) is 9.84 Å². The monoisotopic (exact) mass is 500 g/mol. The predicted octanol–water partition coefficient (Wildman–Crippen LogP) is 2.26. The van der Waals surface area contributed by atoms with E-state index in [9.17, 15) is 22.8 Å². The van der Waals surface area contributed by atoms with Crippen LogP contribution in [0.4, 0.5) is 4.79 Å². The molecule has 2 aliphatic rings. The molecule has 0 aromatic heterocycles. The third-order valence-corrected chi connectivity index (χ3v) is 8.69. The topological polar surface area (TPSA) is 130 Å². The second kappa shape index (κ2) is 10.1. The van der Waals surface area contributed by atoms with Crippen molar-refractivity contribution in [3.63, 3.8) is 0 Å². The minimum Gasteiger partial charge on any atom is -0.481 e. The summed E-state index contributed by atoms with van der Waals surface area (Å²) in [5.74, 6) is -2.54. The summed E-state index contributed by atoms with van der Waals surface area (Å²) in [5, 5.41) is 10.5. The number of aliphatic carboxylic acids is 1. The molecule has 1 fully saturated rings. The highest BCUT2D eigenvalue weighted by Crippen LogP contribution is 2.44. The Balaban J connectivity index is 1.30. The molecule has 4 rings (SSSR count). The summed E-state index contributed by atoms with van der Waals surface area (Å²) in [6.45, 7) is 1.64. The van der Waals surface area contributed by atoms with Crippen LogP contribution in [0, 0.1) is 5.92 Å². The van der Waals surface area contributed by atoms with Crippen molar-refractivity contribution in [2.75, 3.05) is 32.0 Å². The maximum absolute atomic E-state index is 12.8. The van der Waals surface area contributed by atoms with Gasteiger partial charge in [-0.1, -0.05) is 55.5 Å². The zero-order valence-corrected chi connectivity index (χ0v) is 20.2. The number of ether oxygens (including phenoxy) is 1. The Kier molecular flexibility index (Phi) is 7.11. The van der Waals surface area contributed by atoms with Gasteiger partial charge >= 0.3 is 12.1 Å². The largest absolute Gasteiger partial charge is 0.481 e. The van der Waals surface area contributed by atoms with E-state index in [0.717, 1.165) is 22.3 Å². The van der Waals surface area contributed by atoms with Crippen LogP contribution in [0.25, 0.3) is 11.1 Å². The van der Waals surface area contributed by atoms with Crippen molar-refractivity contribution in [2.45, 2.75) is 24.5 Å². The lowest BCUT2D eigenvalue weighted by Gasteiger charge is -2.33. The van der Waals surface area contributed by atoms with Crippen molar-refractivity contribution in [2.24, 2.45) is 5.92 Å². The summed E-state index contributed by atoms with van der Waals surface area (Å²) >= 11 is 0. The highest BCUT2D eigenvalue weighted by molar-refractivity contribution is 7.92. The van der Waals surface area contributed by atoms with Crippen molar-refractivity contribution in [3.8, 4) is 11.1 Å². The number of benzene rings is 2. The first-order valence-electron chi connectivity index (χ1n) is 11.5. The standard InChI is InChI=1S/C25H28N2O7S/c1-16(24(30)27-10-11-35(32,33)17(14-27)12-23(28)29)13-26-25(31)34-15-22-20-8-4-2-6-18(20)19-7-3-5-9-21(19)22/h2-9,16-17,22H,10-15H2,1H3,(H,26,31)(H,28,29). The lowest BCUT2D eigenvalue weighted by Crippen LogP contribution is -2.52. The number of carboxylic acids is 1. The van der Waals surface area contributed by atoms with Crippen LogP contribution >= 0.6 is 0 Å². The summed E-state index contributed by atoms with van der Waals surface area (Å²) in [6.07, 6.45) is -1.19. The number of nitrogens with one attached hydrogen (secondary N) is 1. The van der Waals surface area contributed by atoms with Crippen LogP contribution in [0.15, 0.2) is 48.5 Å². The Morgan fingerprint density at radius 3 is 2.29 bits per heavy atom. The Hall–Kier alpha value is -3.40. The molecule has 2 atom stereocenters. The summed E-state index contributed by atoms with van der Waals surface area (Å²) in [6, 6.07) is 16.0. The van der Waals surface area contributed by atoms with Gasteiger partial charge in [-0.3, -0.25) is 9.59 Å². The molecule has 1 heterocycles. The van der Waals surface area contributed by atoms with Crippen LogP contribution in [0.2, 0.25) is 0 Å². The van der Waals surface area contributed by atoms with Crippen LogP contribution in [0.1, 0.15) is 30.4 Å². The second-order valence-electron chi connectivity index (χ2n) is 8.98. The first-order chi connectivity index (χ1) is 16.7. The van der Waals surface area contributed by atoms with E-state index in [0.29, 0.717) is 0 Å². The highest BCUT2D eigenvalue weighted by Gasteiger charge is 2.37. The number of alkyl carbamates (subject to hydrolysis) is 1. The SMILES string of the molecule is CC(CNC(=O)OCC1c2ccccc2-c2ccccc21)C(=O)N1CCS(=O)(=O)C(CC(=O)O)C1. The molecule has 0 bridgehead atoms. The number of fused-ring (bicyclic) bond motifs is 3. The van der Waals surface area contributed by atoms with Gasteiger partial charge in [0.05, 0.1) is 23.3 Å². The van der Waals surface area contributed by atoms with Crippen molar-refractivity contribution in [1.82, 2.24) is 10.2 Å². The number of hydrogen-bond donors (Lipinski definition) is 2. The second-order valence-corrected chi connectivity index (χ2v) is 11.4. The van der Waals surface area contributed by atoms with E-state index in [1.807, 2.05) is 48.5 Å². The molecule has 2 aromatic carbocycles. The van der Waals surface area contributed by atoms with Gasteiger partial charge in [-0.25, -0.2) is 13.2 Å². The average Bonchev–Trinajstić information content (AvgIpc) is 3.15. The molecule has 1 saturated heterocycles. The first-order valence-corrected chi connectivity index (χ1v) is 13.2. The van der Waals surface area contributed by atoms with Gasteiger partial charge in [-0.05, 0) is 22.3 Å². The van der Waals surface area contributed by atoms with Gasteiger partial charge in [0.15, 0.2) is 9.84 Å². The van der Waals surface area contributed by atoms with E-state index in [2.05, 4.69) is 5.32 Å². The molecule has 2 aromatic rings. The van der Waals surface area contributed by atoms with Gasteiger partial charge in [-0.15, -0.1) is 0 Å². The van der Waals surface area contributed by atoms with Crippen LogP contribution in [0.5, 0.6) is 0 Å². The van der Waals surface area contributed by atoms with Crippen molar-refractivity contribution < 1.29 is 32.6 Å². The van der Waals surface area contributed by atoms with Gasteiger partial charge in [0.25, 0.3) is 0 Å². The molecule has 35 heavy (non-hydrogen) atoms. The van der Waals surface area contributed by atoms with E-state index < -0.39 is 39.5 Å². The number of carbonyl (C=O) groups is 3. The smallest absolute Gasteiger partial charge is 0.407 e. The summed E-state index contributed by atoms with van der Waals surface area (Å²) in [7, 11) is -3.56. The fourth-order valence-electron chi connectivity index (χ4n) is 4.73. The molecule has 2 N–H and O–H groups in total. The molecule has 1 aliphatic carbocycles. The lowest BCUT2D eigenvalue weighted by atomic mass is 9.98. The highest BCUT2D eigenvalue weighted by atomic mass is 32.2. The molecule has 2 unspecified atom stereocenters. The zero-order valence-electron chi connectivity index (χ0n) is 19.3. The summed E-state index contributed by atoms with van der Waals surface area (Å²) in [5.41, 5.74) is 4.45. The first kappa shape index (κ1) is 24.7. The Labute approximate surface area is 204 Å². The summed E-state index contributed by atoms with van der Waals surface area (Å²) in [4.78, 5) is 37.5. The molecule has 0 saturated carbocycles. The Morgan fingerprint density at radius 1 is 1.09 bits per heavy atom. The molecule has 186 valence electrons. The van der Waals surface area contributed by atoms with Crippen molar-refractivity contribution >= 4 is 27.8 Å². The molecule has 1 aliphatic heterocycles. The number of carbonyl (C=O) groups excluding carboxylic acids is 2. The van der Waals surface area contributed by atoms with Gasteiger partial charge < -0.3 is 20.1 Å². The van der Waals surface area contributed by atoms with Crippen LogP contribution in [-0.2, 0) is 24.2 Å². The fraction of sp³-hybridized carbons (Fsp3) is 0.400. The zero-order chi connectivity index (χ0) is 25.2. The van der Waals surface area contributed by atoms with E-state index in [1.54, 1.807) is 6.92 Å². The van der Waals surface area contributed by atoms with Crippen LogP contribution < -0.4 is 5.32 Å². The number of amides is 2. The minimum atomic E-state index is -3.56. The molecule has 10 heteroatoms. The number of carboxylic acid groups (broad SMARTS) is 1. The summed E-state index contributed by atoms with van der Waals surface area (Å²) < 4.78 is 29.7.